The van der Waals surface area contributed by atoms with Crippen molar-refractivity contribution in [3.05, 3.63) is 57.9 Å². The maximum Gasteiger partial charge on any atom is 0.162 e. The van der Waals surface area contributed by atoms with Gasteiger partial charge in [-0.2, -0.15) is 0 Å². The molecule has 1 heterocycles. The second-order valence-electron chi connectivity index (χ2n) is 5.00. The first kappa shape index (κ1) is 14.2. The van der Waals surface area contributed by atoms with E-state index < -0.39 is 6.04 Å². The molecule has 21 heavy (non-hydrogen) atoms. The average Bonchev–Trinajstić information content (AvgIpc) is 2.48. The monoisotopic (exact) mass is 307 g/mol. The molecular formula is C16H15ClFNO2. The van der Waals surface area contributed by atoms with Crippen LogP contribution in [0.3, 0.4) is 0 Å². The predicted molar refractivity (Wildman–Crippen MR) is 79.6 cm³/mol. The smallest absolute Gasteiger partial charge is 0.162 e. The highest BCUT2D eigenvalue weighted by atomic mass is 35.5. The Morgan fingerprint density at radius 3 is 2.48 bits per heavy atom. The van der Waals surface area contributed by atoms with Crippen molar-refractivity contribution in [2.45, 2.75) is 13.0 Å². The summed E-state index contributed by atoms with van der Waals surface area (Å²) >= 11 is 6.29. The molecule has 0 aromatic heterocycles. The highest BCUT2D eigenvalue weighted by Crippen LogP contribution is 2.39. The second-order valence-corrected chi connectivity index (χ2v) is 5.40. The third-order valence-corrected chi connectivity index (χ3v) is 3.90. The molecule has 3 rings (SSSR count). The van der Waals surface area contributed by atoms with Gasteiger partial charge in [-0.15, -0.1) is 0 Å². The van der Waals surface area contributed by atoms with Crippen LogP contribution in [0.2, 0.25) is 5.02 Å². The van der Waals surface area contributed by atoms with Gasteiger partial charge in [0, 0.05) is 11.1 Å². The van der Waals surface area contributed by atoms with E-state index in [1.807, 2.05) is 6.92 Å². The fraction of sp³-hybridized carbons (Fsp3) is 0.250. The number of rotatable bonds is 2. The Morgan fingerprint density at radius 1 is 1.10 bits per heavy atom. The third kappa shape index (κ3) is 2.69. The number of hydrogen-bond acceptors (Lipinski definition) is 3. The lowest BCUT2D eigenvalue weighted by Gasteiger charge is -2.22. The number of halogens is 2. The van der Waals surface area contributed by atoms with Gasteiger partial charge in [0.1, 0.15) is 19.0 Å². The normalized spacial score (nSPS) is 14.9. The minimum absolute atomic E-state index is 0.320. The number of aryl methyl sites for hydroxylation is 1. The van der Waals surface area contributed by atoms with Gasteiger partial charge in [0.2, 0.25) is 0 Å². The molecule has 1 aliphatic rings. The zero-order valence-electron chi connectivity index (χ0n) is 11.5. The number of nitrogens with two attached hydrogens (primary N) is 1. The molecule has 3 nitrogen and oxygen atoms in total. The Balaban J connectivity index is 2.05. The summed E-state index contributed by atoms with van der Waals surface area (Å²) < 4.78 is 24.5. The topological polar surface area (TPSA) is 44.5 Å². The lowest BCUT2D eigenvalue weighted by Crippen LogP contribution is -2.18. The lowest BCUT2D eigenvalue weighted by molar-refractivity contribution is 0.171. The van der Waals surface area contributed by atoms with E-state index in [0.29, 0.717) is 40.9 Å². The molecule has 1 unspecified atom stereocenters. The Kier molecular flexibility index (Phi) is 3.74. The van der Waals surface area contributed by atoms with Gasteiger partial charge in [-0.05, 0) is 41.8 Å². The summed E-state index contributed by atoms with van der Waals surface area (Å²) in [5.41, 5.74) is 8.58. The fourth-order valence-electron chi connectivity index (χ4n) is 2.43. The summed E-state index contributed by atoms with van der Waals surface area (Å²) in [7, 11) is 0. The third-order valence-electron chi connectivity index (χ3n) is 3.57. The highest BCUT2D eigenvalue weighted by molar-refractivity contribution is 6.31. The molecule has 0 aliphatic carbocycles. The van der Waals surface area contributed by atoms with Gasteiger partial charge in [-0.3, -0.25) is 0 Å². The molecule has 0 radical (unpaired) electrons. The molecule has 0 bridgehead atoms. The van der Waals surface area contributed by atoms with Crippen molar-refractivity contribution in [1.82, 2.24) is 0 Å². The highest BCUT2D eigenvalue weighted by Gasteiger charge is 2.20. The molecule has 0 saturated carbocycles. The van der Waals surface area contributed by atoms with Crippen LogP contribution in [0.1, 0.15) is 22.7 Å². The average molecular weight is 308 g/mol. The minimum Gasteiger partial charge on any atom is -0.486 e. The van der Waals surface area contributed by atoms with Crippen LogP contribution in [0.15, 0.2) is 30.3 Å². The SMILES string of the molecule is Cc1ccc(F)cc1C(N)c1cc2c(cc1Cl)OCCO2. The van der Waals surface area contributed by atoms with Crippen molar-refractivity contribution < 1.29 is 13.9 Å². The van der Waals surface area contributed by atoms with Crippen LogP contribution in [0.25, 0.3) is 0 Å². The van der Waals surface area contributed by atoms with E-state index in [-0.39, 0.29) is 5.82 Å². The van der Waals surface area contributed by atoms with Crippen molar-refractivity contribution in [3.8, 4) is 11.5 Å². The van der Waals surface area contributed by atoms with Gasteiger partial charge in [0.15, 0.2) is 11.5 Å². The Hall–Kier alpha value is -1.78. The van der Waals surface area contributed by atoms with Gasteiger partial charge in [-0.25, -0.2) is 4.39 Å². The van der Waals surface area contributed by atoms with Gasteiger partial charge in [-0.1, -0.05) is 17.7 Å². The second kappa shape index (κ2) is 5.54. The van der Waals surface area contributed by atoms with Crippen LogP contribution >= 0.6 is 11.6 Å². The molecule has 2 aromatic carbocycles. The van der Waals surface area contributed by atoms with E-state index in [1.54, 1.807) is 18.2 Å². The van der Waals surface area contributed by atoms with E-state index in [1.165, 1.54) is 12.1 Å². The van der Waals surface area contributed by atoms with Crippen LogP contribution in [0, 0.1) is 12.7 Å². The summed E-state index contributed by atoms with van der Waals surface area (Å²) in [6, 6.07) is 7.50. The summed E-state index contributed by atoms with van der Waals surface area (Å²) in [5, 5.41) is 0.482. The quantitative estimate of drug-likeness (QED) is 0.922. The largest absolute Gasteiger partial charge is 0.486 e. The van der Waals surface area contributed by atoms with Crippen molar-refractivity contribution >= 4 is 11.6 Å². The summed E-state index contributed by atoms with van der Waals surface area (Å²) in [6.45, 7) is 2.88. The van der Waals surface area contributed by atoms with Crippen molar-refractivity contribution in [2.24, 2.45) is 5.73 Å². The van der Waals surface area contributed by atoms with E-state index in [0.717, 1.165) is 5.56 Å². The summed E-state index contributed by atoms with van der Waals surface area (Å²) in [5.74, 6) is 0.906. The molecule has 5 heteroatoms. The zero-order valence-corrected chi connectivity index (χ0v) is 12.3. The van der Waals surface area contributed by atoms with Gasteiger partial charge in [0.25, 0.3) is 0 Å². The number of hydrogen-bond donors (Lipinski definition) is 1. The van der Waals surface area contributed by atoms with E-state index in [4.69, 9.17) is 26.8 Å². The molecule has 0 amide bonds. The molecule has 0 spiro atoms. The Labute approximate surface area is 127 Å². The van der Waals surface area contributed by atoms with E-state index >= 15 is 0 Å². The maximum atomic E-state index is 13.5. The summed E-state index contributed by atoms with van der Waals surface area (Å²) in [6.07, 6.45) is 0. The first-order chi connectivity index (χ1) is 10.1. The molecule has 2 N–H and O–H groups in total. The van der Waals surface area contributed by atoms with Crippen LogP contribution in [-0.4, -0.2) is 13.2 Å². The zero-order chi connectivity index (χ0) is 15.0. The minimum atomic E-state index is -0.524. The van der Waals surface area contributed by atoms with Crippen LogP contribution in [-0.2, 0) is 0 Å². The molecular weight excluding hydrogens is 293 g/mol. The first-order valence-electron chi connectivity index (χ1n) is 6.67. The van der Waals surface area contributed by atoms with Crippen LogP contribution < -0.4 is 15.2 Å². The number of fused-ring (bicyclic) bond motifs is 1. The van der Waals surface area contributed by atoms with E-state index in [2.05, 4.69) is 0 Å². The summed E-state index contributed by atoms with van der Waals surface area (Å²) in [4.78, 5) is 0. The van der Waals surface area contributed by atoms with Crippen molar-refractivity contribution in [3.63, 3.8) is 0 Å². The molecule has 0 saturated heterocycles. The molecule has 2 aromatic rings. The number of benzene rings is 2. The Bertz CT molecular complexity index is 690. The first-order valence-corrected chi connectivity index (χ1v) is 7.04. The standard InChI is InChI=1S/C16H15ClFNO2/c1-9-2-3-10(18)6-11(9)16(19)12-7-14-15(8-13(12)17)21-5-4-20-14/h2-3,6-8,16H,4-5,19H2,1H3. The van der Waals surface area contributed by atoms with Crippen LogP contribution in [0.5, 0.6) is 11.5 Å². The fourth-order valence-corrected chi connectivity index (χ4v) is 2.70. The van der Waals surface area contributed by atoms with Gasteiger partial charge < -0.3 is 15.2 Å². The van der Waals surface area contributed by atoms with Crippen molar-refractivity contribution in [2.75, 3.05) is 13.2 Å². The van der Waals surface area contributed by atoms with Gasteiger partial charge >= 0.3 is 0 Å². The Morgan fingerprint density at radius 2 is 1.76 bits per heavy atom. The van der Waals surface area contributed by atoms with Crippen LogP contribution in [0.4, 0.5) is 4.39 Å². The predicted octanol–water partition coefficient (Wildman–Crippen LogP) is 3.61. The lowest BCUT2D eigenvalue weighted by atomic mass is 9.95. The molecule has 1 aliphatic heterocycles. The van der Waals surface area contributed by atoms with Crippen molar-refractivity contribution in [1.29, 1.82) is 0 Å². The molecule has 110 valence electrons. The molecule has 1 atom stereocenters. The maximum absolute atomic E-state index is 13.5. The molecule has 0 fully saturated rings. The number of ether oxygens (including phenoxy) is 2. The van der Waals surface area contributed by atoms with E-state index in [9.17, 15) is 4.39 Å². The van der Waals surface area contributed by atoms with Gasteiger partial charge in [0.05, 0.1) is 6.04 Å².